The average molecular weight is 258 g/mol. The van der Waals surface area contributed by atoms with Crippen molar-refractivity contribution in [2.45, 2.75) is 18.4 Å². The van der Waals surface area contributed by atoms with Crippen LogP contribution in [0.5, 0.6) is 0 Å². The summed E-state index contributed by atoms with van der Waals surface area (Å²) >= 11 is 6.05. The molecule has 1 aliphatic carbocycles. The van der Waals surface area contributed by atoms with Crippen LogP contribution in [-0.4, -0.2) is 13.1 Å². The predicted molar refractivity (Wildman–Crippen MR) is 77.1 cm³/mol. The molecule has 2 atom stereocenters. The van der Waals surface area contributed by atoms with E-state index in [4.69, 9.17) is 11.6 Å². The van der Waals surface area contributed by atoms with Gasteiger partial charge in [0.05, 0.1) is 0 Å². The Kier molecular flexibility index (Phi) is 3.11. The lowest BCUT2D eigenvalue weighted by molar-refractivity contribution is 0.784. The fourth-order valence-electron chi connectivity index (χ4n) is 2.50. The lowest BCUT2D eigenvalue weighted by Crippen LogP contribution is -2.10. The number of hydrogen-bond donors (Lipinski definition) is 1. The number of rotatable bonds is 3. The molecule has 92 valence electrons. The van der Waals surface area contributed by atoms with Crippen molar-refractivity contribution in [3.63, 3.8) is 0 Å². The van der Waals surface area contributed by atoms with Crippen LogP contribution < -0.4 is 5.32 Å². The van der Waals surface area contributed by atoms with Gasteiger partial charge in [0.1, 0.15) is 0 Å². The van der Waals surface area contributed by atoms with E-state index in [1.54, 1.807) is 0 Å². The summed E-state index contributed by atoms with van der Waals surface area (Å²) < 4.78 is 0. The molecule has 1 aliphatic rings. The van der Waals surface area contributed by atoms with Crippen molar-refractivity contribution in [1.29, 1.82) is 0 Å². The van der Waals surface area contributed by atoms with E-state index in [-0.39, 0.29) is 0 Å². The van der Waals surface area contributed by atoms with E-state index in [1.807, 2.05) is 25.2 Å². The van der Waals surface area contributed by atoms with Crippen LogP contribution in [0, 0.1) is 0 Å². The second-order valence-corrected chi connectivity index (χ2v) is 5.31. The number of likely N-dealkylation sites (N-methyl/N-ethyl adjacent to an activating group) is 1. The highest BCUT2D eigenvalue weighted by molar-refractivity contribution is 6.30. The smallest absolute Gasteiger partial charge is 0.0412 e. The Morgan fingerprint density at radius 2 is 1.78 bits per heavy atom. The zero-order chi connectivity index (χ0) is 12.5. The second kappa shape index (κ2) is 4.75. The van der Waals surface area contributed by atoms with Crippen molar-refractivity contribution < 1.29 is 0 Å². The summed E-state index contributed by atoms with van der Waals surface area (Å²) in [6.07, 6.45) is 1.25. The summed E-state index contributed by atoms with van der Waals surface area (Å²) in [5.74, 6) is 0.675. The van der Waals surface area contributed by atoms with Gasteiger partial charge in [-0.05, 0) is 42.3 Å². The number of nitrogens with one attached hydrogen (secondary N) is 1. The van der Waals surface area contributed by atoms with Crippen LogP contribution in [-0.2, 0) is 0 Å². The summed E-state index contributed by atoms with van der Waals surface area (Å²) in [5.41, 5.74) is 3.86. The van der Waals surface area contributed by atoms with Gasteiger partial charge in [0.25, 0.3) is 0 Å². The number of halogens is 1. The van der Waals surface area contributed by atoms with E-state index < -0.39 is 0 Å². The molecule has 2 aromatic rings. The minimum atomic E-state index is 0.652. The first-order valence-electron chi connectivity index (χ1n) is 6.31. The van der Waals surface area contributed by atoms with Gasteiger partial charge in [0, 0.05) is 17.0 Å². The molecule has 1 N–H and O–H groups in total. The highest BCUT2D eigenvalue weighted by Crippen LogP contribution is 2.41. The highest BCUT2D eigenvalue weighted by Gasteiger charge is 2.36. The fourth-order valence-corrected chi connectivity index (χ4v) is 2.69. The van der Waals surface area contributed by atoms with E-state index in [2.05, 4.69) is 35.6 Å². The van der Waals surface area contributed by atoms with Crippen molar-refractivity contribution in [3.05, 3.63) is 59.1 Å². The van der Waals surface area contributed by atoms with Crippen LogP contribution in [0.4, 0.5) is 0 Å². The molecule has 2 heteroatoms. The summed E-state index contributed by atoms with van der Waals surface area (Å²) in [6, 6.07) is 17.5. The molecule has 0 saturated heterocycles. The summed E-state index contributed by atoms with van der Waals surface area (Å²) in [6.45, 7) is 0. The molecule has 0 aliphatic heterocycles. The lowest BCUT2D eigenvalue weighted by Gasteiger charge is -2.06. The van der Waals surface area contributed by atoms with Crippen molar-refractivity contribution in [2.24, 2.45) is 0 Å². The number of hydrogen-bond acceptors (Lipinski definition) is 1. The summed E-state index contributed by atoms with van der Waals surface area (Å²) in [7, 11) is 2.03. The molecule has 0 unspecified atom stereocenters. The zero-order valence-electron chi connectivity index (χ0n) is 10.4. The van der Waals surface area contributed by atoms with Crippen LogP contribution in [0.3, 0.4) is 0 Å². The van der Waals surface area contributed by atoms with Gasteiger partial charge >= 0.3 is 0 Å². The summed E-state index contributed by atoms with van der Waals surface area (Å²) in [5, 5.41) is 4.12. The molecule has 0 bridgehead atoms. The van der Waals surface area contributed by atoms with Crippen LogP contribution >= 0.6 is 11.6 Å². The maximum Gasteiger partial charge on any atom is 0.0412 e. The third-order valence-corrected chi connectivity index (χ3v) is 3.87. The van der Waals surface area contributed by atoms with Gasteiger partial charge in [-0.1, -0.05) is 48.0 Å². The highest BCUT2D eigenvalue weighted by atomic mass is 35.5. The first-order valence-corrected chi connectivity index (χ1v) is 6.69. The molecule has 1 fully saturated rings. The standard InChI is InChI=1S/C16H16ClN/c1-18-16-10-15(16)13-6-2-4-11(8-13)12-5-3-7-14(17)9-12/h2-9,15-16,18H,10H2,1H3/t15-,16+/m0/s1. The van der Waals surface area contributed by atoms with Gasteiger partial charge < -0.3 is 5.32 Å². The molecule has 0 radical (unpaired) electrons. The molecule has 2 aromatic carbocycles. The Morgan fingerprint density at radius 3 is 2.44 bits per heavy atom. The Hall–Kier alpha value is -1.31. The fraction of sp³-hybridized carbons (Fsp3) is 0.250. The molecule has 0 heterocycles. The predicted octanol–water partition coefficient (Wildman–Crippen LogP) is 4.08. The maximum atomic E-state index is 6.05. The third-order valence-electron chi connectivity index (χ3n) is 3.63. The average Bonchev–Trinajstić information content (AvgIpc) is 3.18. The molecular formula is C16H16ClN. The quantitative estimate of drug-likeness (QED) is 0.874. The van der Waals surface area contributed by atoms with Crippen molar-refractivity contribution >= 4 is 11.6 Å². The Labute approximate surface area is 113 Å². The topological polar surface area (TPSA) is 12.0 Å². The first-order chi connectivity index (χ1) is 8.78. The molecule has 1 nitrogen and oxygen atoms in total. The Bertz CT molecular complexity index is 565. The lowest BCUT2D eigenvalue weighted by atomic mass is 10.0. The SMILES string of the molecule is CN[C@@H]1C[C@H]1c1cccc(-c2cccc(Cl)c2)c1. The Morgan fingerprint density at radius 1 is 1.06 bits per heavy atom. The minimum absolute atomic E-state index is 0.652. The van der Waals surface area contributed by atoms with Gasteiger partial charge in [-0.3, -0.25) is 0 Å². The largest absolute Gasteiger partial charge is 0.316 e. The van der Waals surface area contributed by atoms with E-state index in [1.165, 1.54) is 23.1 Å². The monoisotopic (exact) mass is 257 g/mol. The van der Waals surface area contributed by atoms with E-state index in [9.17, 15) is 0 Å². The zero-order valence-corrected chi connectivity index (χ0v) is 11.1. The van der Waals surface area contributed by atoms with E-state index in [0.717, 1.165) is 5.02 Å². The molecule has 0 amide bonds. The van der Waals surface area contributed by atoms with Gasteiger partial charge in [0.2, 0.25) is 0 Å². The van der Waals surface area contributed by atoms with Crippen LogP contribution in [0.1, 0.15) is 17.9 Å². The molecule has 0 aromatic heterocycles. The van der Waals surface area contributed by atoms with Crippen LogP contribution in [0.2, 0.25) is 5.02 Å². The maximum absolute atomic E-state index is 6.05. The van der Waals surface area contributed by atoms with Crippen LogP contribution in [0.15, 0.2) is 48.5 Å². The van der Waals surface area contributed by atoms with Crippen molar-refractivity contribution in [1.82, 2.24) is 5.32 Å². The molecule has 18 heavy (non-hydrogen) atoms. The molecule has 3 rings (SSSR count). The normalized spacial score (nSPS) is 21.9. The minimum Gasteiger partial charge on any atom is -0.316 e. The molecular weight excluding hydrogens is 242 g/mol. The van der Waals surface area contributed by atoms with Gasteiger partial charge in [-0.2, -0.15) is 0 Å². The van der Waals surface area contributed by atoms with E-state index in [0.29, 0.717) is 12.0 Å². The number of benzene rings is 2. The van der Waals surface area contributed by atoms with Gasteiger partial charge in [0.15, 0.2) is 0 Å². The third kappa shape index (κ3) is 2.29. The molecule has 1 saturated carbocycles. The van der Waals surface area contributed by atoms with E-state index >= 15 is 0 Å². The summed E-state index contributed by atoms with van der Waals surface area (Å²) in [4.78, 5) is 0. The van der Waals surface area contributed by atoms with Gasteiger partial charge in [-0.25, -0.2) is 0 Å². The van der Waals surface area contributed by atoms with Gasteiger partial charge in [-0.15, -0.1) is 0 Å². The van der Waals surface area contributed by atoms with Crippen molar-refractivity contribution in [2.75, 3.05) is 7.05 Å². The second-order valence-electron chi connectivity index (χ2n) is 4.87. The Balaban J connectivity index is 1.92. The van der Waals surface area contributed by atoms with Crippen LogP contribution in [0.25, 0.3) is 11.1 Å². The van der Waals surface area contributed by atoms with Crippen molar-refractivity contribution in [3.8, 4) is 11.1 Å². The molecule has 0 spiro atoms. The first kappa shape index (κ1) is 11.8.